The van der Waals surface area contributed by atoms with Crippen LogP contribution in [-0.2, 0) is 16.2 Å². The van der Waals surface area contributed by atoms with E-state index in [-0.39, 0.29) is 23.6 Å². The first-order chi connectivity index (χ1) is 17.8. The summed E-state index contributed by atoms with van der Waals surface area (Å²) in [5, 5.41) is 22.6. The third-order valence-corrected chi connectivity index (χ3v) is 6.10. The molecule has 1 saturated heterocycles. The zero-order valence-corrected chi connectivity index (χ0v) is 20.5. The number of amides is 1. The predicted octanol–water partition coefficient (Wildman–Crippen LogP) is 4.16. The average Bonchev–Trinajstić information content (AvgIpc) is 3.16. The average molecular weight is 502 g/mol. The van der Waals surface area contributed by atoms with Gasteiger partial charge >= 0.3 is 0 Å². The van der Waals surface area contributed by atoms with Gasteiger partial charge in [-0.05, 0) is 49.5 Å². The number of non-ortho nitro benzene ring substituents is 1. The number of likely N-dealkylation sites (N-methyl/N-ethyl adjacent to an activating group) is 1. The Kier molecular flexibility index (Phi) is 7.64. The Morgan fingerprint density at radius 1 is 1.03 bits per heavy atom. The van der Waals surface area contributed by atoms with Crippen molar-refractivity contribution in [2.75, 3.05) is 27.2 Å². The molecule has 1 unspecified atom stereocenters. The largest absolute Gasteiger partial charge is 0.507 e. The lowest BCUT2D eigenvalue weighted by Crippen LogP contribution is -2.35. The number of likely N-dealkylation sites (tertiary alicyclic amines) is 1. The molecule has 190 valence electrons. The lowest BCUT2D eigenvalue weighted by atomic mass is 9.95. The van der Waals surface area contributed by atoms with Crippen LogP contribution in [0.4, 0.5) is 5.69 Å². The maximum absolute atomic E-state index is 13.1. The van der Waals surface area contributed by atoms with Gasteiger partial charge in [0.05, 0.1) is 16.5 Å². The predicted molar refractivity (Wildman–Crippen MR) is 138 cm³/mol. The summed E-state index contributed by atoms with van der Waals surface area (Å²) in [7, 11) is 3.67. The number of nitrogens with zero attached hydrogens (tertiary/aromatic N) is 3. The van der Waals surface area contributed by atoms with Gasteiger partial charge in [0.1, 0.15) is 18.1 Å². The monoisotopic (exact) mass is 501 g/mol. The van der Waals surface area contributed by atoms with Gasteiger partial charge in [0.25, 0.3) is 17.4 Å². The number of ketones is 1. The summed E-state index contributed by atoms with van der Waals surface area (Å²) in [5.41, 5.74) is 1.42. The van der Waals surface area contributed by atoms with E-state index in [0.717, 1.165) is 5.56 Å². The van der Waals surface area contributed by atoms with E-state index in [1.807, 2.05) is 49.3 Å². The maximum Gasteiger partial charge on any atom is 0.295 e. The van der Waals surface area contributed by atoms with E-state index in [9.17, 15) is 24.8 Å². The fourth-order valence-corrected chi connectivity index (χ4v) is 4.18. The molecule has 0 bridgehead atoms. The van der Waals surface area contributed by atoms with E-state index in [1.165, 1.54) is 23.1 Å². The highest BCUT2D eigenvalue weighted by Crippen LogP contribution is 2.40. The Hall–Kier alpha value is -4.50. The van der Waals surface area contributed by atoms with Crippen molar-refractivity contribution in [2.24, 2.45) is 0 Å². The summed E-state index contributed by atoms with van der Waals surface area (Å²) < 4.78 is 5.79. The first-order valence-corrected chi connectivity index (χ1v) is 11.7. The molecule has 1 atom stereocenters. The number of benzene rings is 3. The third-order valence-electron chi connectivity index (χ3n) is 6.10. The highest BCUT2D eigenvalue weighted by molar-refractivity contribution is 6.46. The fourth-order valence-electron chi connectivity index (χ4n) is 4.18. The number of hydrogen-bond donors (Lipinski definition) is 1. The highest BCUT2D eigenvalue weighted by atomic mass is 16.6. The van der Waals surface area contributed by atoms with Crippen molar-refractivity contribution in [3.63, 3.8) is 0 Å². The molecule has 1 aliphatic heterocycles. The zero-order chi connectivity index (χ0) is 26.5. The standard InChI is InChI=1S/C28H27N3O6/c1-29(2)15-16-30-25(21-9-6-10-22(17-21)31(35)36)24(27(33)28(30)34)26(32)20-11-13-23(14-12-20)37-18-19-7-4-3-5-8-19/h3-14,17,25,32H,15-16,18H2,1-2H3/b26-24+. The molecule has 1 amide bonds. The Morgan fingerprint density at radius 2 is 1.73 bits per heavy atom. The maximum atomic E-state index is 13.1. The number of ether oxygens (including phenoxy) is 1. The Morgan fingerprint density at radius 3 is 2.38 bits per heavy atom. The lowest BCUT2D eigenvalue weighted by molar-refractivity contribution is -0.384. The minimum Gasteiger partial charge on any atom is -0.507 e. The summed E-state index contributed by atoms with van der Waals surface area (Å²) in [6.45, 7) is 1.04. The number of nitro groups is 1. The van der Waals surface area contributed by atoms with E-state index >= 15 is 0 Å². The number of rotatable bonds is 9. The number of aliphatic hydroxyl groups is 1. The second kappa shape index (κ2) is 11.0. The topological polar surface area (TPSA) is 113 Å². The molecule has 9 heteroatoms. The second-order valence-corrected chi connectivity index (χ2v) is 8.95. The summed E-state index contributed by atoms with van der Waals surface area (Å²) in [5.74, 6) is -1.38. The number of carbonyl (C=O) groups excluding carboxylic acids is 2. The van der Waals surface area contributed by atoms with Crippen LogP contribution >= 0.6 is 0 Å². The van der Waals surface area contributed by atoms with Gasteiger partial charge in [-0.25, -0.2) is 0 Å². The normalized spacial score (nSPS) is 16.8. The van der Waals surface area contributed by atoms with Crippen molar-refractivity contribution >= 4 is 23.1 Å². The zero-order valence-electron chi connectivity index (χ0n) is 20.5. The molecule has 4 rings (SSSR count). The second-order valence-electron chi connectivity index (χ2n) is 8.95. The molecular weight excluding hydrogens is 474 g/mol. The Balaban J connectivity index is 1.69. The summed E-state index contributed by atoms with van der Waals surface area (Å²) in [4.78, 5) is 40.2. The molecule has 3 aromatic carbocycles. The van der Waals surface area contributed by atoms with Gasteiger partial charge in [-0.1, -0.05) is 42.5 Å². The van der Waals surface area contributed by atoms with Gasteiger partial charge in [0.15, 0.2) is 0 Å². The van der Waals surface area contributed by atoms with Crippen molar-refractivity contribution in [1.29, 1.82) is 0 Å². The van der Waals surface area contributed by atoms with E-state index in [1.54, 1.807) is 30.3 Å². The van der Waals surface area contributed by atoms with E-state index in [2.05, 4.69) is 0 Å². The summed E-state index contributed by atoms with van der Waals surface area (Å²) in [6.07, 6.45) is 0. The molecule has 9 nitrogen and oxygen atoms in total. The molecule has 37 heavy (non-hydrogen) atoms. The van der Waals surface area contributed by atoms with Crippen LogP contribution < -0.4 is 4.74 Å². The number of hydrogen-bond acceptors (Lipinski definition) is 7. The van der Waals surface area contributed by atoms with Gasteiger partial charge in [0.2, 0.25) is 0 Å². The van der Waals surface area contributed by atoms with Crippen LogP contribution in [0.25, 0.3) is 5.76 Å². The molecule has 0 saturated carbocycles. The molecule has 1 fully saturated rings. The molecular formula is C28H27N3O6. The number of carbonyl (C=O) groups is 2. The van der Waals surface area contributed by atoms with Gasteiger partial charge in [0, 0.05) is 30.8 Å². The van der Waals surface area contributed by atoms with Crippen molar-refractivity contribution < 1.29 is 24.4 Å². The molecule has 0 spiro atoms. The molecule has 1 N–H and O–H groups in total. The smallest absolute Gasteiger partial charge is 0.295 e. The molecule has 0 radical (unpaired) electrons. The van der Waals surface area contributed by atoms with Gasteiger partial charge in [-0.2, -0.15) is 0 Å². The van der Waals surface area contributed by atoms with Gasteiger partial charge in [-0.3, -0.25) is 19.7 Å². The highest BCUT2D eigenvalue weighted by Gasteiger charge is 2.46. The van der Waals surface area contributed by atoms with Crippen LogP contribution in [0, 0.1) is 10.1 Å². The molecule has 3 aromatic rings. The van der Waals surface area contributed by atoms with Crippen molar-refractivity contribution in [2.45, 2.75) is 12.6 Å². The molecule has 1 aliphatic rings. The van der Waals surface area contributed by atoms with E-state index in [0.29, 0.717) is 30.0 Å². The van der Waals surface area contributed by atoms with Crippen molar-refractivity contribution in [1.82, 2.24) is 9.80 Å². The van der Waals surface area contributed by atoms with E-state index < -0.39 is 22.7 Å². The minimum absolute atomic E-state index is 0.109. The van der Waals surface area contributed by atoms with Crippen LogP contribution in [0.1, 0.15) is 22.7 Å². The van der Waals surface area contributed by atoms with Crippen LogP contribution in [0.2, 0.25) is 0 Å². The summed E-state index contributed by atoms with van der Waals surface area (Å²) >= 11 is 0. The molecule has 0 aliphatic carbocycles. The minimum atomic E-state index is -0.964. The fraction of sp³-hybridized carbons (Fsp3) is 0.214. The van der Waals surface area contributed by atoms with Gasteiger partial charge in [-0.15, -0.1) is 0 Å². The first-order valence-electron chi connectivity index (χ1n) is 11.7. The molecule has 0 aromatic heterocycles. The number of Topliss-reactive ketones (excluding diaryl/α,β-unsaturated/α-hetero) is 1. The Bertz CT molecular complexity index is 1340. The third kappa shape index (κ3) is 5.68. The van der Waals surface area contributed by atoms with Crippen LogP contribution in [0.5, 0.6) is 5.75 Å². The lowest BCUT2D eigenvalue weighted by Gasteiger charge is -2.26. The number of nitro benzene ring substituents is 1. The van der Waals surface area contributed by atoms with Crippen molar-refractivity contribution in [3.8, 4) is 5.75 Å². The van der Waals surface area contributed by atoms with Crippen LogP contribution in [-0.4, -0.2) is 58.7 Å². The van der Waals surface area contributed by atoms with Crippen LogP contribution in [0.15, 0.2) is 84.4 Å². The summed E-state index contributed by atoms with van der Waals surface area (Å²) in [6, 6.07) is 21.0. The molecule has 1 heterocycles. The van der Waals surface area contributed by atoms with Gasteiger partial charge < -0.3 is 19.6 Å². The SMILES string of the molecule is CN(C)CCN1C(=O)C(=O)/C(=C(/O)c2ccc(OCc3ccccc3)cc2)C1c1cccc([N+](=O)[O-])c1. The van der Waals surface area contributed by atoms with Crippen LogP contribution in [0.3, 0.4) is 0 Å². The van der Waals surface area contributed by atoms with E-state index in [4.69, 9.17) is 4.74 Å². The van der Waals surface area contributed by atoms with Crippen molar-refractivity contribution in [3.05, 3.63) is 111 Å². The Labute approximate surface area is 214 Å². The quantitative estimate of drug-likeness (QED) is 0.154. The number of aliphatic hydroxyl groups excluding tert-OH is 1. The first kappa shape index (κ1) is 25.6.